The molecule has 0 aliphatic heterocycles. The molecule has 0 radical (unpaired) electrons. The zero-order valence-electron chi connectivity index (χ0n) is 15.5. The Morgan fingerprint density at radius 2 is 2.00 bits per heavy atom. The van der Waals surface area contributed by atoms with E-state index in [9.17, 15) is 9.59 Å². The average molecular weight is 369 g/mol. The molecule has 0 fully saturated rings. The molecule has 2 aromatic heterocycles. The van der Waals surface area contributed by atoms with Gasteiger partial charge in [-0.05, 0) is 30.5 Å². The van der Waals surface area contributed by atoms with E-state index in [1.54, 1.807) is 4.57 Å². The number of benzene rings is 1. The molecule has 3 rings (SSSR count). The summed E-state index contributed by atoms with van der Waals surface area (Å²) in [5, 5.41) is 2.61. The molecule has 0 spiro atoms. The molecule has 0 atom stereocenters. The zero-order chi connectivity index (χ0) is 19.0. The fourth-order valence-electron chi connectivity index (χ4n) is 3.04. The van der Waals surface area contributed by atoms with Gasteiger partial charge in [0.15, 0.2) is 0 Å². The first-order chi connectivity index (χ1) is 12.3. The van der Waals surface area contributed by atoms with E-state index in [-0.39, 0.29) is 24.4 Å². The number of hydrogen-bond acceptors (Lipinski definition) is 4. The topological polar surface area (TPSA) is 78.0 Å². The van der Waals surface area contributed by atoms with Crippen LogP contribution in [0, 0.1) is 13.8 Å². The van der Waals surface area contributed by atoms with Crippen molar-refractivity contribution in [1.29, 1.82) is 0 Å². The van der Waals surface area contributed by atoms with E-state index in [4.69, 9.17) is 10.7 Å². The van der Waals surface area contributed by atoms with Gasteiger partial charge in [-0.2, -0.15) is 0 Å². The Hall–Kier alpha value is -2.47. The molecule has 0 saturated carbocycles. The van der Waals surface area contributed by atoms with Crippen molar-refractivity contribution in [2.24, 2.45) is 5.73 Å². The fraction of sp³-hybridized carbons (Fsp3) is 0.350. The largest absolute Gasteiger partial charge is 0.370 e. The summed E-state index contributed by atoms with van der Waals surface area (Å²) in [4.78, 5) is 29.9. The lowest BCUT2D eigenvalue weighted by molar-refractivity contribution is -0.118. The Balaban J connectivity index is 2.25. The van der Waals surface area contributed by atoms with Gasteiger partial charge in [-0.3, -0.25) is 14.2 Å². The number of carbonyl (C=O) groups is 1. The van der Waals surface area contributed by atoms with Crippen LogP contribution in [0.5, 0.6) is 0 Å². The number of aromatic nitrogens is 2. The second-order valence-electron chi connectivity index (χ2n) is 6.93. The summed E-state index contributed by atoms with van der Waals surface area (Å²) in [6, 6.07) is 6.20. The van der Waals surface area contributed by atoms with E-state index in [0.717, 1.165) is 16.0 Å². The molecule has 0 bridgehead atoms. The highest BCUT2D eigenvalue weighted by Gasteiger charge is 2.19. The Morgan fingerprint density at radius 1 is 1.27 bits per heavy atom. The number of carbonyl (C=O) groups excluding carboxylic acids is 1. The van der Waals surface area contributed by atoms with Crippen LogP contribution in [-0.2, 0) is 11.3 Å². The Bertz CT molecular complexity index is 1050. The van der Waals surface area contributed by atoms with E-state index in [0.29, 0.717) is 11.2 Å². The van der Waals surface area contributed by atoms with Crippen molar-refractivity contribution in [1.82, 2.24) is 9.55 Å². The predicted octanol–water partition coefficient (Wildman–Crippen LogP) is 3.74. The molecule has 1 amide bonds. The SMILES string of the molecule is Cc1ccc(-c2csc3nc(C(C)C)n(CCC(N)=O)c(=O)c23)cc1C. The lowest BCUT2D eigenvalue weighted by Gasteiger charge is -2.14. The van der Waals surface area contributed by atoms with Crippen LogP contribution >= 0.6 is 11.3 Å². The molecule has 0 aliphatic carbocycles. The van der Waals surface area contributed by atoms with Crippen LogP contribution in [0.4, 0.5) is 0 Å². The number of rotatable bonds is 5. The van der Waals surface area contributed by atoms with Crippen molar-refractivity contribution in [3.63, 3.8) is 0 Å². The first-order valence-corrected chi connectivity index (χ1v) is 9.55. The number of fused-ring (bicyclic) bond motifs is 1. The molecule has 3 aromatic rings. The van der Waals surface area contributed by atoms with Crippen LogP contribution in [0.15, 0.2) is 28.4 Å². The molecule has 6 heteroatoms. The molecule has 26 heavy (non-hydrogen) atoms. The molecule has 5 nitrogen and oxygen atoms in total. The van der Waals surface area contributed by atoms with Gasteiger partial charge in [0.25, 0.3) is 5.56 Å². The molecule has 0 unspecified atom stereocenters. The molecular formula is C20H23N3O2S. The maximum Gasteiger partial charge on any atom is 0.262 e. The molecule has 0 aliphatic rings. The van der Waals surface area contributed by atoms with E-state index in [1.165, 1.54) is 22.5 Å². The van der Waals surface area contributed by atoms with E-state index in [2.05, 4.69) is 26.0 Å². The summed E-state index contributed by atoms with van der Waals surface area (Å²) in [7, 11) is 0. The number of aryl methyl sites for hydroxylation is 2. The summed E-state index contributed by atoms with van der Waals surface area (Å²) in [6.07, 6.45) is 0.121. The third-order valence-electron chi connectivity index (χ3n) is 4.64. The van der Waals surface area contributed by atoms with E-state index >= 15 is 0 Å². The number of primary amides is 1. The van der Waals surface area contributed by atoms with Gasteiger partial charge in [0.05, 0.1) is 5.39 Å². The third kappa shape index (κ3) is 3.29. The van der Waals surface area contributed by atoms with E-state index in [1.807, 2.05) is 25.3 Å². The van der Waals surface area contributed by atoms with Crippen molar-refractivity contribution < 1.29 is 4.79 Å². The Kier molecular flexibility index (Phi) is 4.96. The molecular weight excluding hydrogens is 346 g/mol. The van der Waals surface area contributed by atoms with Crippen LogP contribution in [0.1, 0.15) is 43.1 Å². The normalized spacial score (nSPS) is 11.4. The molecule has 1 aromatic carbocycles. The maximum atomic E-state index is 13.3. The third-order valence-corrected chi connectivity index (χ3v) is 5.51. The van der Waals surface area contributed by atoms with E-state index < -0.39 is 5.91 Å². The average Bonchev–Trinajstić information content (AvgIpc) is 3.00. The van der Waals surface area contributed by atoms with Crippen LogP contribution in [0.25, 0.3) is 21.3 Å². The first kappa shape index (κ1) is 18.3. The predicted molar refractivity (Wildman–Crippen MR) is 107 cm³/mol. The maximum absolute atomic E-state index is 13.3. The van der Waals surface area contributed by atoms with Crippen LogP contribution in [0.3, 0.4) is 0 Å². The minimum absolute atomic E-state index is 0.0761. The summed E-state index contributed by atoms with van der Waals surface area (Å²) in [5.41, 5.74) is 9.49. The second kappa shape index (κ2) is 7.03. The molecule has 0 saturated heterocycles. The van der Waals surface area contributed by atoms with Gasteiger partial charge in [-0.1, -0.05) is 32.0 Å². The Labute approximate surface area is 156 Å². The highest BCUT2D eigenvalue weighted by atomic mass is 32.1. The van der Waals surface area contributed by atoms with Gasteiger partial charge in [-0.25, -0.2) is 4.98 Å². The van der Waals surface area contributed by atoms with Crippen molar-refractivity contribution in [2.45, 2.75) is 46.6 Å². The van der Waals surface area contributed by atoms with Gasteiger partial charge >= 0.3 is 0 Å². The number of amides is 1. The van der Waals surface area contributed by atoms with Gasteiger partial charge in [0, 0.05) is 29.8 Å². The van der Waals surface area contributed by atoms with Gasteiger partial charge in [0.2, 0.25) is 5.91 Å². The minimum atomic E-state index is -0.425. The van der Waals surface area contributed by atoms with Crippen LogP contribution in [0.2, 0.25) is 0 Å². The highest BCUT2D eigenvalue weighted by molar-refractivity contribution is 7.17. The van der Waals surface area contributed by atoms with Gasteiger partial charge in [-0.15, -0.1) is 11.3 Å². The second-order valence-corrected chi connectivity index (χ2v) is 7.78. The minimum Gasteiger partial charge on any atom is -0.370 e. The molecule has 2 N–H and O–H groups in total. The standard InChI is InChI=1S/C20H23N3O2S/c1-11(2)18-22-19-17(20(25)23(18)8-7-16(21)24)15(10-26-19)14-6-5-12(3)13(4)9-14/h5-6,9-11H,7-8H2,1-4H3,(H2,21,24). The van der Waals surface area contributed by atoms with Crippen LogP contribution in [-0.4, -0.2) is 15.5 Å². The first-order valence-electron chi connectivity index (χ1n) is 8.67. The van der Waals surface area contributed by atoms with Crippen molar-refractivity contribution in [3.8, 4) is 11.1 Å². The zero-order valence-corrected chi connectivity index (χ0v) is 16.3. The summed E-state index contributed by atoms with van der Waals surface area (Å²) in [5.74, 6) is 0.343. The smallest absolute Gasteiger partial charge is 0.262 e. The molecule has 136 valence electrons. The Morgan fingerprint density at radius 3 is 2.62 bits per heavy atom. The highest BCUT2D eigenvalue weighted by Crippen LogP contribution is 2.32. The number of thiophene rings is 1. The summed E-state index contributed by atoms with van der Waals surface area (Å²) >= 11 is 1.48. The summed E-state index contributed by atoms with van der Waals surface area (Å²) in [6.45, 7) is 8.37. The number of nitrogens with two attached hydrogens (primary N) is 1. The van der Waals surface area contributed by atoms with Crippen molar-refractivity contribution in [2.75, 3.05) is 0 Å². The number of hydrogen-bond donors (Lipinski definition) is 1. The van der Waals surface area contributed by atoms with Crippen molar-refractivity contribution in [3.05, 3.63) is 50.9 Å². The monoisotopic (exact) mass is 369 g/mol. The summed E-state index contributed by atoms with van der Waals surface area (Å²) < 4.78 is 1.61. The van der Waals surface area contributed by atoms with Gasteiger partial charge < -0.3 is 5.73 Å². The number of nitrogens with zero attached hydrogens (tertiary/aromatic N) is 2. The lowest BCUT2D eigenvalue weighted by Crippen LogP contribution is -2.28. The lowest BCUT2D eigenvalue weighted by atomic mass is 10.0. The van der Waals surface area contributed by atoms with Crippen LogP contribution < -0.4 is 11.3 Å². The van der Waals surface area contributed by atoms with Crippen molar-refractivity contribution >= 4 is 27.5 Å². The quantitative estimate of drug-likeness (QED) is 0.744. The van der Waals surface area contributed by atoms with Gasteiger partial charge in [0.1, 0.15) is 10.7 Å². The molecule has 2 heterocycles. The fourth-order valence-corrected chi connectivity index (χ4v) is 3.99.